The number of rotatable bonds is 5. The fourth-order valence-corrected chi connectivity index (χ4v) is 2.95. The maximum absolute atomic E-state index is 12.3. The fourth-order valence-electron chi connectivity index (χ4n) is 2.95. The predicted octanol–water partition coefficient (Wildman–Crippen LogP) is 3.08. The highest BCUT2D eigenvalue weighted by Crippen LogP contribution is 2.21. The van der Waals surface area contributed by atoms with Gasteiger partial charge in [-0.15, -0.1) is 0 Å². The van der Waals surface area contributed by atoms with Gasteiger partial charge in [-0.25, -0.2) is 4.98 Å². The summed E-state index contributed by atoms with van der Waals surface area (Å²) in [5, 5.41) is 6.84. The average molecular weight is 326 g/mol. The summed E-state index contributed by atoms with van der Waals surface area (Å²) >= 11 is 0. The van der Waals surface area contributed by atoms with Crippen LogP contribution in [0.15, 0.2) is 28.8 Å². The van der Waals surface area contributed by atoms with Crippen LogP contribution >= 0.6 is 0 Å². The minimum Gasteiger partial charge on any atom is -0.361 e. The first-order valence-electron chi connectivity index (χ1n) is 8.11. The Bertz CT molecular complexity index is 857. The number of aromatic nitrogens is 3. The number of nitrogens with one attached hydrogen (secondary N) is 1. The molecule has 24 heavy (non-hydrogen) atoms. The molecule has 0 aliphatic rings. The van der Waals surface area contributed by atoms with Gasteiger partial charge < -0.3 is 14.4 Å². The third-order valence-electron chi connectivity index (χ3n) is 4.15. The van der Waals surface area contributed by atoms with Crippen LogP contribution in [-0.2, 0) is 17.8 Å². The fraction of sp³-hybridized carbons (Fsp3) is 0.389. The summed E-state index contributed by atoms with van der Waals surface area (Å²) in [6, 6.07) is 8.29. The van der Waals surface area contributed by atoms with Gasteiger partial charge in [0.2, 0.25) is 5.91 Å². The summed E-state index contributed by atoms with van der Waals surface area (Å²) in [6.45, 7) is 8.29. The van der Waals surface area contributed by atoms with Crippen molar-refractivity contribution in [3.05, 3.63) is 47.1 Å². The number of benzene rings is 1. The molecule has 1 amide bonds. The Balaban J connectivity index is 1.76. The van der Waals surface area contributed by atoms with Gasteiger partial charge in [0.1, 0.15) is 11.6 Å². The minimum atomic E-state index is -0.0632. The zero-order valence-electron chi connectivity index (χ0n) is 14.5. The standard InChI is InChI=1S/C18H22N4O2/c1-11(2)22-16-8-6-5-7-15(16)20-17(22)10-19-18(23)9-14-12(3)21-24-13(14)4/h5-8,11H,9-10H2,1-4H3,(H,19,23). The molecule has 2 heterocycles. The molecule has 0 aliphatic heterocycles. The summed E-state index contributed by atoms with van der Waals surface area (Å²) in [4.78, 5) is 16.9. The molecule has 0 spiro atoms. The predicted molar refractivity (Wildman–Crippen MR) is 91.6 cm³/mol. The smallest absolute Gasteiger partial charge is 0.224 e. The normalized spacial score (nSPS) is 11.4. The van der Waals surface area contributed by atoms with E-state index in [1.165, 1.54) is 0 Å². The van der Waals surface area contributed by atoms with E-state index in [0.717, 1.165) is 28.1 Å². The van der Waals surface area contributed by atoms with Gasteiger partial charge in [-0.1, -0.05) is 17.3 Å². The molecule has 0 aliphatic carbocycles. The second kappa shape index (κ2) is 6.47. The third-order valence-corrected chi connectivity index (χ3v) is 4.15. The molecule has 126 valence electrons. The first-order valence-corrected chi connectivity index (χ1v) is 8.11. The van der Waals surface area contributed by atoms with Crippen LogP contribution in [0.3, 0.4) is 0 Å². The second-order valence-corrected chi connectivity index (χ2v) is 6.24. The lowest BCUT2D eigenvalue weighted by molar-refractivity contribution is -0.120. The highest BCUT2D eigenvalue weighted by Gasteiger charge is 2.16. The Morgan fingerprint density at radius 1 is 1.29 bits per heavy atom. The van der Waals surface area contributed by atoms with Crippen molar-refractivity contribution in [3.63, 3.8) is 0 Å². The van der Waals surface area contributed by atoms with Crippen LogP contribution in [0.4, 0.5) is 0 Å². The first-order chi connectivity index (χ1) is 11.5. The number of carbonyl (C=O) groups is 1. The maximum Gasteiger partial charge on any atom is 0.224 e. The van der Waals surface area contributed by atoms with Crippen molar-refractivity contribution in [2.75, 3.05) is 0 Å². The largest absolute Gasteiger partial charge is 0.361 e. The van der Waals surface area contributed by atoms with Crippen LogP contribution in [0, 0.1) is 13.8 Å². The van der Waals surface area contributed by atoms with Crippen LogP contribution in [-0.4, -0.2) is 20.6 Å². The van der Waals surface area contributed by atoms with E-state index in [1.54, 1.807) is 0 Å². The molecule has 0 unspecified atom stereocenters. The van der Waals surface area contributed by atoms with E-state index in [9.17, 15) is 4.79 Å². The lowest BCUT2D eigenvalue weighted by Crippen LogP contribution is -2.26. The lowest BCUT2D eigenvalue weighted by atomic mass is 10.1. The number of amides is 1. The molecular formula is C18H22N4O2. The number of carbonyl (C=O) groups excluding carboxylic acids is 1. The number of hydrogen-bond donors (Lipinski definition) is 1. The Morgan fingerprint density at radius 3 is 2.71 bits per heavy atom. The summed E-state index contributed by atoms with van der Waals surface area (Å²) in [6.07, 6.45) is 0.267. The van der Waals surface area contributed by atoms with E-state index in [2.05, 4.69) is 39.9 Å². The molecule has 0 saturated heterocycles. The first kappa shape index (κ1) is 16.2. The van der Waals surface area contributed by atoms with Crippen molar-refractivity contribution in [1.82, 2.24) is 20.0 Å². The zero-order chi connectivity index (χ0) is 17.3. The molecule has 0 bridgehead atoms. The van der Waals surface area contributed by atoms with Gasteiger partial charge in [0.25, 0.3) is 0 Å². The van der Waals surface area contributed by atoms with Gasteiger partial charge >= 0.3 is 0 Å². The number of imidazole rings is 1. The number of fused-ring (bicyclic) bond motifs is 1. The van der Waals surface area contributed by atoms with Gasteiger partial charge in [0, 0.05) is 11.6 Å². The molecule has 1 aromatic carbocycles. The topological polar surface area (TPSA) is 73.0 Å². The molecule has 3 aromatic rings. The number of aryl methyl sites for hydroxylation is 2. The molecular weight excluding hydrogens is 304 g/mol. The van der Waals surface area contributed by atoms with Crippen molar-refractivity contribution < 1.29 is 9.32 Å². The molecule has 6 heteroatoms. The van der Waals surface area contributed by atoms with Gasteiger partial charge in [0.05, 0.1) is 29.7 Å². The maximum atomic E-state index is 12.3. The molecule has 3 rings (SSSR count). The zero-order valence-corrected chi connectivity index (χ0v) is 14.5. The van der Waals surface area contributed by atoms with Crippen molar-refractivity contribution in [3.8, 4) is 0 Å². The van der Waals surface area contributed by atoms with Crippen LogP contribution in [0.25, 0.3) is 11.0 Å². The summed E-state index contributed by atoms with van der Waals surface area (Å²) in [5.74, 6) is 1.49. The summed E-state index contributed by atoms with van der Waals surface area (Å²) in [7, 11) is 0. The molecule has 1 N–H and O–H groups in total. The molecule has 0 fully saturated rings. The van der Waals surface area contributed by atoms with Gasteiger partial charge in [-0.05, 0) is 39.8 Å². The molecule has 2 aromatic heterocycles. The van der Waals surface area contributed by atoms with Gasteiger partial charge in [-0.3, -0.25) is 4.79 Å². The van der Waals surface area contributed by atoms with E-state index in [0.29, 0.717) is 12.3 Å². The molecule has 0 radical (unpaired) electrons. The third kappa shape index (κ3) is 3.04. The molecule has 0 atom stereocenters. The van der Waals surface area contributed by atoms with Gasteiger partial charge in [-0.2, -0.15) is 0 Å². The Kier molecular flexibility index (Phi) is 4.38. The SMILES string of the molecule is Cc1noc(C)c1CC(=O)NCc1nc2ccccc2n1C(C)C. The summed E-state index contributed by atoms with van der Waals surface area (Å²) < 4.78 is 7.26. The Morgan fingerprint density at radius 2 is 2.04 bits per heavy atom. The highest BCUT2D eigenvalue weighted by atomic mass is 16.5. The Labute approximate surface area is 140 Å². The van der Waals surface area contributed by atoms with Crippen LogP contribution in [0.2, 0.25) is 0 Å². The lowest BCUT2D eigenvalue weighted by Gasteiger charge is -2.13. The van der Waals surface area contributed by atoms with Crippen LogP contribution in [0.1, 0.15) is 42.7 Å². The van der Waals surface area contributed by atoms with Crippen molar-refractivity contribution in [2.45, 2.75) is 46.7 Å². The van der Waals surface area contributed by atoms with Crippen molar-refractivity contribution in [1.29, 1.82) is 0 Å². The monoisotopic (exact) mass is 326 g/mol. The van der Waals surface area contributed by atoms with E-state index >= 15 is 0 Å². The minimum absolute atomic E-state index is 0.0632. The second-order valence-electron chi connectivity index (χ2n) is 6.24. The molecule has 6 nitrogen and oxygen atoms in total. The number of hydrogen-bond acceptors (Lipinski definition) is 4. The van der Waals surface area contributed by atoms with E-state index < -0.39 is 0 Å². The van der Waals surface area contributed by atoms with E-state index in [4.69, 9.17) is 4.52 Å². The number of para-hydroxylation sites is 2. The van der Waals surface area contributed by atoms with Crippen LogP contribution < -0.4 is 5.32 Å². The average Bonchev–Trinajstić information content (AvgIpc) is 3.07. The quantitative estimate of drug-likeness (QED) is 0.782. The highest BCUT2D eigenvalue weighted by molar-refractivity contribution is 5.79. The van der Waals surface area contributed by atoms with Crippen LogP contribution in [0.5, 0.6) is 0 Å². The van der Waals surface area contributed by atoms with E-state index in [-0.39, 0.29) is 18.4 Å². The van der Waals surface area contributed by atoms with Gasteiger partial charge in [0.15, 0.2) is 0 Å². The molecule has 0 saturated carbocycles. The van der Waals surface area contributed by atoms with Crippen molar-refractivity contribution >= 4 is 16.9 Å². The summed E-state index contributed by atoms with van der Waals surface area (Å²) in [5.41, 5.74) is 3.64. The van der Waals surface area contributed by atoms with E-state index in [1.807, 2.05) is 32.0 Å². The number of nitrogens with zero attached hydrogens (tertiary/aromatic N) is 3. The van der Waals surface area contributed by atoms with Crippen molar-refractivity contribution in [2.24, 2.45) is 0 Å². The Hall–Kier alpha value is -2.63.